The van der Waals surface area contributed by atoms with Crippen LogP contribution in [-0.2, 0) is 45.0 Å². The summed E-state index contributed by atoms with van der Waals surface area (Å²) >= 11 is 21.1. The maximum atomic E-state index is 13.3. The van der Waals surface area contributed by atoms with Gasteiger partial charge in [0.25, 0.3) is 30.6 Å². The van der Waals surface area contributed by atoms with Crippen molar-refractivity contribution in [3.05, 3.63) is 137 Å². The maximum absolute atomic E-state index is 13.3. The summed E-state index contributed by atoms with van der Waals surface area (Å²) in [5.41, 5.74) is 0.778. The lowest BCUT2D eigenvalue weighted by Gasteiger charge is -2.37. The Hall–Kier alpha value is -6.09. The second-order valence-corrected chi connectivity index (χ2v) is 26.9. The Morgan fingerprint density at radius 3 is 0.988 bits per heavy atom. The number of hydrogen-bond acceptors (Lipinski definition) is 15. The van der Waals surface area contributed by atoms with Crippen LogP contribution in [0.5, 0.6) is 0 Å². The highest BCUT2D eigenvalue weighted by Gasteiger charge is 2.46. The SMILES string of the molecule is C.C#CCCN1C(C(=O)Nc2ccc(F)c(Cl)c2)CC(c2nccs2)NS1(=O)=O.C#CCCN1[C@@H](C(=O)Nc2ccc(F)c(Cl)c2)C[C@@H](c2nccs2)NS1(=O)=O.C#CCCN1[C@H](C(=O)Nc2ccc(F)c(Cl)c2)C[C@H](c2nccs2)NS1(=O)=O. The molecule has 3 aromatic heterocycles. The second-order valence-electron chi connectivity index (χ2n) is 17.9. The van der Waals surface area contributed by atoms with E-state index in [1.54, 1.807) is 34.7 Å². The Kier molecular flexibility index (Phi) is 24.4. The molecule has 3 fully saturated rings. The van der Waals surface area contributed by atoms with Crippen molar-refractivity contribution in [1.29, 1.82) is 0 Å². The lowest BCUT2D eigenvalue weighted by Crippen LogP contribution is -2.57. The molecule has 3 saturated heterocycles. The minimum Gasteiger partial charge on any atom is -0.325 e. The van der Waals surface area contributed by atoms with E-state index in [-0.39, 0.29) is 97.7 Å². The molecule has 6 atom stereocenters. The first-order chi connectivity index (χ1) is 39.9. The van der Waals surface area contributed by atoms with Gasteiger partial charge in [-0.25, -0.2) is 28.1 Å². The molecular weight excluding hydrogens is 1290 g/mol. The van der Waals surface area contributed by atoms with Crippen LogP contribution in [0.2, 0.25) is 15.1 Å². The molecule has 452 valence electrons. The number of carbonyl (C=O) groups excluding carboxylic acids is 3. The fourth-order valence-corrected chi connectivity index (χ4v) is 16.1. The summed E-state index contributed by atoms with van der Waals surface area (Å²) in [7, 11) is -11.9. The second kappa shape index (κ2) is 30.5. The van der Waals surface area contributed by atoms with Gasteiger partial charge in [-0.2, -0.15) is 52.3 Å². The zero-order valence-electron chi connectivity index (χ0n) is 43.3. The molecule has 3 aliphatic rings. The zero-order chi connectivity index (χ0) is 60.9. The number of benzene rings is 3. The van der Waals surface area contributed by atoms with Gasteiger partial charge in [-0.1, -0.05) is 42.2 Å². The van der Waals surface area contributed by atoms with Gasteiger partial charge in [-0.3, -0.25) is 14.4 Å². The molecule has 0 aliphatic carbocycles. The van der Waals surface area contributed by atoms with E-state index in [0.29, 0.717) is 15.0 Å². The topological polar surface area (TPSA) is 274 Å². The Bertz CT molecular complexity index is 3410. The van der Waals surface area contributed by atoms with Gasteiger partial charge in [-0.15, -0.1) is 71.0 Å². The first-order valence-corrected chi connectivity index (χ1v) is 32.7. The minimum absolute atomic E-state index is 0. The van der Waals surface area contributed by atoms with Crippen molar-refractivity contribution in [2.75, 3.05) is 35.6 Å². The van der Waals surface area contributed by atoms with E-state index in [1.165, 1.54) is 70.4 Å². The number of terminal acetylenes is 3. The lowest BCUT2D eigenvalue weighted by molar-refractivity contribution is -0.121. The molecule has 9 rings (SSSR count). The molecule has 0 spiro atoms. The number of nitrogens with one attached hydrogen (secondary N) is 6. The van der Waals surface area contributed by atoms with Crippen molar-refractivity contribution in [1.82, 2.24) is 42.0 Å². The number of aromatic nitrogens is 3. The van der Waals surface area contributed by atoms with Gasteiger partial charge in [0.05, 0.1) is 33.2 Å². The molecule has 6 aromatic rings. The van der Waals surface area contributed by atoms with Crippen molar-refractivity contribution in [2.24, 2.45) is 0 Å². The Morgan fingerprint density at radius 1 is 0.518 bits per heavy atom. The molecule has 21 nitrogen and oxygen atoms in total. The average molecular weight is 1340 g/mol. The van der Waals surface area contributed by atoms with Crippen molar-refractivity contribution >= 4 is 134 Å². The number of anilines is 3. The molecular formula is C52H52Cl3F3N12O9S6. The molecule has 3 aliphatic heterocycles. The highest BCUT2D eigenvalue weighted by Crippen LogP contribution is 2.34. The number of nitrogens with zero attached hydrogens (tertiary/aromatic N) is 6. The maximum Gasteiger partial charge on any atom is 0.280 e. The lowest BCUT2D eigenvalue weighted by atomic mass is 10.1. The highest BCUT2D eigenvalue weighted by atomic mass is 35.5. The van der Waals surface area contributed by atoms with Crippen molar-refractivity contribution < 1.29 is 52.8 Å². The smallest absolute Gasteiger partial charge is 0.280 e. The van der Waals surface area contributed by atoms with Gasteiger partial charge >= 0.3 is 0 Å². The van der Waals surface area contributed by atoms with Crippen LogP contribution in [0.1, 0.15) is 79.1 Å². The first kappa shape index (κ1) is 68.0. The highest BCUT2D eigenvalue weighted by molar-refractivity contribution is 7.87. The third kappa shape index (κ3) is 17.8. The monoisotopic (exact) mass is 1340 g/mol. The molecule has 0 radical (unpaired) electrons. The summed E-state index contributed by atoms with van der Waals surface area (Å²) in [5, 5.41) is 14.2. The summed E-state index contributed by atoms with van der Waals surface area (Å²) in [6.07, 6.45) is 21.4. The third-order valence-corrected chi connectivity index (χ3v) is 20.8. The Morgan fingerprint density at radius 2 is 0.776 bits per heavy atom. The van der Waals surface area contributed by atoms with Crippen LogP contribution in [0.25, 0.3) is 0 Å². The van der Waals surface area contributed by atoms with E-state index in [1.807, 2.05) is 0 Å². The van der Waals surface area contributed by atoms with Crippen LogP contribution in [0.15, 0.2) is 89.3 Å². The molecule has 6 heterocycles. The first-order valence-electron chi connectivity index (χ1n) is 24.6. The van der Waals surface area contributed by atoms with E-state index in [9.17, 15) is 52.8 Å². The van der Waals surface area contributed by atoms with Crippen LogP contribution in [0, 0.1) is 54.5 Å². The van der Waals surface area contributed by atoms with Crippen LogP contribution >= 0.6 is 68.8 Å². The zero-order valence-corrected chi connectivity index (χ0v) is 50.5. The van der Waals surface area contributed by atoms with Crippen molar-refractivity contribution in [2.45, 2.75) is 82.2 Å². The van der Waals surface area contributed by atoms with Gasteiger partial charge in [0.1, 0.15) is 50.6 Å². The number of hydrogen-bond donors (Lipinski definition) is 6. The quantitative estimate of drug-likeness (QED) is 0.0530. The molecule has 85 heavy (non-hydrogen) atoms. The van der Waals surface area contributed by atoms with E-state index >= 15 is 0 Å². The number of amides is 3. The standard InChI is InChI=1S/3C17H16ClFN4O3S2.CH4/c3*1-2-3-7-23-15(16(24)21-11-4-5-13(19)12(18)9-11)10-14(22-28(23,25)26)17-20-6-8-27-17;/h3*1,4-6,8-9,14-15,22H,3,7,10H2,(H,21,24);1H4/t2*14-,15+;;/m10../s1. The number of rotatable bonds is 15. The number of thiazole rings is 3. The van der Waals surface area contributed by atoms with Crippen LogP contribution in [0.3, 0.4) is 0 Å². The summed E-state index contributed by atoms with van der Waals surface area (Å²) in [5.74, 6) is 3.58. The molecule has 3 aromatic carbocycles. The fourth-order valence-electron chi connectivity index (χ4n) is 8.55. The van der Waals surface area contributed by atoms with Gasteiger partial charge in [0, 0.05) is 90.7 Å². The van der Waals surface area contributed by atoms with Gasteiger partial charge in [0.15, 0.2) is 0 Å². The third-order valence-electron chi connectivity index (χ3n) is 12.4. The minimum atomic E-state index is -3.96. The largest absolute Gasteiger partial charge is 0.325 e. The van der Waals surface area contributed by atoms with E-state index in [2.05, 4.69) is 62.8 Å². The molecule has 3 amide bonds. The summed E-state index contributed by atoms with van der Waals surface area (Å²) < 4.78 is 127. The number of halogens is 6. The van der Waals surface area contributed by atoms with Gasteiger partial charge < -0.3 is 16.0 Å². The molecule has 6 N–H and O–H groups in total. The van der Waals surface area contributed by atoms with E-state index in [0.717, 1.165) is 31.1 Å². The predicted octanol–water partition coefficient (Wildman–Crippen LogP) is 8.28. The predicted molar refractivity (Wildman–Crippen MR) is 323 cm³/mol. The molecule has 33 heteroatoms. The van der Waals surface area contributed by atoms with Crippen molar-refractivity contribution in [3.63, 3.8) is 0 Å². The Balaban J connectivity index is 0.000000203. The van der Waals surface area contributed by atoms with Gasteiger partial charge in [-0.05, 0) is 73.9 Å². The average Bonchev–Trinajstić information content (AvgIpc) is 3.78. The van der Waals surface area contributed by atoms with E-state index < -0.39 is 102 Å². The van der Waals surface area contributed by atoms with E-state index in [4.69, 9.17) is 54.1 Å². The Labute approximate surface area is 517 Å². The molecule has 2 unspecified atom stereocenters. The van der Waals surface area contributed by atoms with Crippen LogP contribution < -0.4 is 30.1 Å². The fraction of sp³-hybridized carbons (Fsp3) is 0.308. The normalized spacial score (nSPS) is 21.5. The van der Waals surface area contributed by atoms with Crippen molar-refractivity contribution in [3.8, 4) is 37.0 Å². The summed E-state index contributed by atoms with van der Waals surface area (Å²) in [6, 6.07) is 6.20. The molecule has 0 saturated carbocycles. The summed E-state index contributed by atoms with van der Waals surface area (Å²) in [6.45, 7) is -0.0456. The summed E-state index contributed by atoms with van der Waals surface area (Å²) in [4.78, 5) is 51.1. The van der Waals surface area contributed by atoms with Crippen LogP contribution in [0.4, 0.5) is 30.2 Å². The number of carbonyl (C=O) groups is 3. The van der Waals surface area contributed by atoms with Gasteiger partial charge in [0.2, 0.25) is 17.7 Å². The van der Waals surface area contributed by atoms with Crippen LogP contribution in [-0.4, -0.2) is 109 Å². The molecule has 0 bridgehead atoms.